The van der Waals surface area contributed by atoms with Crippen LogP contribution >= 0.6 is 0 Å². The van der Waals surface area contributed by atoms with E-state index in [0.717, 1.165) is 5.56 Å². The van der Waals surface area contributed by atoms with Gasteiger partial charge in [-0.05, 0) is 31.0 Å². The van der Waals surface area contributed by atoms with Crippen molar-refractivity contribution in [1.82, 2.24) is 0 Å². The number of allylic oxidation sites excluding steroid dienone is 1. The molecule has 1 N–H and O–H groups in total. The number of ether oxygens (including phenoxy) is 1. The van der Waals surface area contributed by atoms with E-state index in [9.17, 15) is 8.42 Å². The van der Waals surface area contributed by atoms with Crippen molar-refractivity contribution >= 4 is 21.8 Å². The first kappa shape index (κ1) is 14.7. The molecule has 0 radical (unpaired) electrons. The molecule has 0 fully saturated rings. The third-order valence-corrected chi connectivity index (χ3v) is 3.68. The van der Waals surface area contributed by atoms with Crippen molar-refractivity contribution in [3.8, 4) is 0 Å². The summed E-state index contributed by atoms with van der Waals surface area (Å²) in [5.41, 5.74) is 1.63. The van der Waals surface area contributed by atoms with Crippen molar-refractivity contribution in [3.05, 3.63) is 35.9 Å². The van der Waals surface area contributed by atoms with Crippen LogP contribution in [-0.2, 0) is 14.8 Å². The van der Waals surface area contributed by atoms with Gasteiger partial charge < -0.3 is 4.74 Å². The normalized spacial score (nSPS) is 11.9. The van der Waals surface area contributed by atoms with Gasteiger partial charge in [0.1, 0.15) is 0 Å². The zero-order chi connectivity index (χ0) is 13.4. The van der Waals surface area contributed by atoms with Crippen molar-refractivity contribution in [2.45, 2.75) is 13.3 Å². The Morgan fingerprint density at radius 2 is 1.94 bits per heavy atom. The Morgan fingerprint density at radius 1 is 1.28 bits per heavy atom. The molecule has 0 unspecified atom stereocenters. The Balaban J connectivity index is 2.60. The summed E-state index contributed by atoms with van der Waals surface area (Å²) in [7, 11) is -1.72. The minimum atomic E-state index is -3.28. The molecule has 0 aliphatic rings. The number of anilines is 1. The van der Waals surface area contributed by atoms with Crippen molar-refractivity contribution in [3.63, 3.8) is 0 Å². The number of sulfonamides is 1. The average Bonchev–Trinajstić information content (AvgIpc) is 2.32. The maximum atomic E-state index is 11.7. The lowest BCUT2D eigenvalue weighted by Gasteiger charge is -2.07. The number of hydrogen-bond acceptors (Lipinski definition) is 3. The molecule has 1 aromatic rings. The van der Waals surface area contributed by atoms with Crippen LogP contribution in [0.15, 0.2) is 30.3 Å². The minimum absolute atomic E-state index is 0.0669. The quantitative estimate of drug-likeness (QED) is 0.774. The highest BCUT2D eigenvalue weighted by Crippen LogP contribution is 2.12. The SMILES string of the molecule is C/C=C/c1ccc(NS(=O)(=O)CCCOC)cc1. The first-order valence-corrected chi connectivity index (χ1v) is 7.45. The van der Waals surface area contributed by atoms with E-state index in [2.05, 4.69) is 4.72 Å². The molecule has 5 heteroatoms. The summed E-state index contributed by atoms with van der Waals surface area (Å²) in [6, 6.07) is 7.24. The van der Waals surface area contributed by atoms with Crippen LogP contribution in [0, 0.1) is 0 Å². The Hall–Kier alpha value is -1.33. The molecular weight excluding hydrogens is 250 g/mol. The number of methoxy groups -OCH3 is 1. The monoisotopic (exact) mass is 269 g/mol. The Kier molecular flexibility index (Phi) is 5.88. The zero-order valence-corrected chi connectivity index (χ0v) is 11.5. The highest BCUT2D eigenvalue weighted by atomic mass is 32.2. The van der Waals surface area contributed by atoms with Crippen LogP contribution in [0.5, 0.6) is 0 Å². The molecule has 0 bridgehead atoms. The van der Waals surface area contributed by atoms with Crippen molar-refractivity contribution in [1.29, 1.82) is 0 Å². The van der Waals surface area contributed by atoms with Gasteiger partial charge in [0.2, 0.25) is 10.0 Å². The van der Waals surface area contributed by atoms with Gasteiger partial charge in [-0.1, -0.05) is 24.3 Å². The lowest BCUT2D eigenvalue weighted by Crippen LogP contribution is -2.17. The van der Waals surface area contributed by atoms with Gasteiger partial charge in [-0.3, -0.25) is 4.72 Å². The van der Waals surface area contributed by atoms with E-state index in [1.54, 1.807) is 19.2 Å². The largest absolute Gasteiger partial charge is 0.385 e. The third-order valence-electron chi connectivity index (χ3n) is 2.30. The summed E-state index contributed by atoms with van der Waals surface area (Å²) in [4.78, 5) is 0. The van der Waals surface area contributed by atoms with Crippen LogP contribution in [0.3, 0.4) is 0 Å². The van der Waals surface area contributed by atoms with E-state index < -0.39 is 10.0 Å². The third kappa shape index (κ3) is 5.33. The van der Waals surface area contributed by atoms with Crippen LogP contribution < -0.4 is 4.72 Å². The second-order valence-electron chi connectivity index (χ2n) is 3.89. The molecule has 0 spiro atoms. The number of hydrogen-bond donors (Lipinski definition) is 1. The molecule has 0 amide bonds. The first-order valence-electron chi connectivity index (χ1n) is 5.79. The van der Waals surface area contributed by atoms with Gasteiger partial charge in [0, 0.05) is 19.4 Å². The van der Waals surface area contributed by atoms with Crippen molar-refractivity contribution < 1.29 is 13.2 Å². The van der Waals surface area contributed by atoms with Gasteiger partial charge in [-0.15, -0.1) is 0 Å². The molecule has 18 heavy (non-hydrogen) atoms. The van der Waals surface area contributed by atoms with Gasteiger partial charge in [0.05, 0.1) is 5.75 Å². The molecule has 1 aromatic carbocycles. The standard InChI is InChI=1S/C13H19NO3S/c1-3-5-12-6-8-13(9-7-12)14-18(15,16)11-4-10-17-2/h3,5-9,14H,4,10-11H2,1-2H3/b5-3+. The average molecular weight is 269 g/mol. The summed E-state index contributed by atoms with van der Waals surface area (Å²) in [6.45, 7) is 2.38. The highest BCUT2D eigenvalue weighted by molar-refractivity contribution is 7.92. The van der Waals surface area contributed by atoms with Gasteiger partial charge in [-0.25, -0.2) is 8.42 Å². The minimum Gasteiger partial charge on any atom is -0.385 e. The first-order chi connectivity index (χ1) is 8.57. The molecule has 100 valence electrons. The highest BCUT2D eigenvalue weighted by Gasteiger charge is 2.09. The van der Waals surface area contributed by atoms with Crippen LogP contribution in [0.2, 0.25) is 0 Å². The molecule has 0 aliphatic carbocycles. The van der Waals surface area contributed by atoms with Gasteiger partial charge in [0.25, 0.3) is 0 Å². The van der Waals surface area contributed by atoms with E-state index in [1.165, 1.54) is 0 Å². The molecule has 1 rings (SSSR count). The fourth-order valence-electron chi connectivity index (χ4n) is 1.48. The van der Waals surface area contributed by atoms with Gasteiger partial charge in [-0.2, -0.15) is 0 Å². The second-order valence-corrected chi connectivity index (χ2v) is 5.73. The molecule has 0 saturated heterocycles. The van der Waals surface area contributed by atoms with Gasteiger partial charge >= 0.3 is 0 Å². The summed E-state index contributed by atoms with van der Waals surface area (Å²) in [5.74, 6) is 0.0669. The molecule has 0 saturated carbocycles. The lowest BCUT2D eigenvalue weighted by atomic mass is 10.2. The zero-order valence-electron chi connectivity index (χ0n) is 10.7. The maximum absolute atomic E-state index is 11.7. The van der Waals surface area contributed by atoms with E-state index in [4.69, 9.17) is 4.74 Å². The van der Waals surface area contributed by atoms with Crippen LogP contribution in [0.1, 0.15) is 18.9 Å². The van der Waals surface area contributed by atoms with Gasteiger partial charge in [0.15, 0.2) is 0 Å². The van der Waals surface area contributed by atoms with E-state index >= 15 is 0 Å². The van der Waals surface area contributed by atoms with Crippen molar-refractivity contribution in [2.75, 3.05) is 24.2 Å². The van der Waals surface area contributed by atoms with E-state index in [-0.39, 0.29) is 5.75 Å². The maximum Gasteiger partial charge on any atom is 0.232 e. The van der Waals surface area contributed by atoms with E-state index in [1.807, 2.05) is 31.2 Å². The smallest absolute Gasteiger partial charge is 0.232 e. The molecule has 4 nitrogen and oxygen atoms in total. The summed E-state index contributed by atoms with van der Waals surface area (Å²) in [5, 5.41) is 0. The van der Waals surface area contributed by atoms with Crippen LogP contribution in [-0.4, -0.2) is 27.9 Å². The Bertz CT molecular complexity index is 477. The Morgan fingerprint density at radius 3 is 2.50 bits per heavy atom. The van der Waals surface area contributed by atoms with E-state index in [0.29, 0.717) is 18.7 Å². The number of rotatable bonds is 7. The topological polar surface area (TPSA) is 55.4 Å². The predicted molar refractivity (Wildman–Crippen MR) is 75.1 cm³/mol. The van der Waals surface area contributed by atoms with Crippen LogP contribution in [0.4, 0.5) is 5.69 Å². The summed E-state index contributed by atoms with van der Waals surface area (Å²) < 4.78 is 30.8. The lowest BCUT2D eigenvalue weighted by molar-refractivity contribution is 0.199. The molecule has 0 atom stereocenters. The number of benzene rings is 1. The molecule has 0 heterocycles. The number of nitrogens with one attached hydrogen (secondary N) is 1. The second kappa shape index (κ2) is 7.18. The Labute approximate surface area is 109 Å². The van der Waals surface area contributed by atoms with Crippen LogP contribution in [0.25, 0.3) is 6.08 Å². The van der Waals surface area contributed by atoms with Crippen molar-refractivity contribution in [2.24, 2.45) is 0 Å². The predicted octanol–water partition coefficient (Wildman–Crippen LogP) is 2.50. The molecule has 0 aliphatic heterocycles. The summed E-state index contributed by atoms with van der Waals surface area (Å²) in [6.07, 6.45) is 4.38. The fourth-order valence-corrected chi connectivity index (χ4v) is 2.57. The fraction of sp³-hybridized carbons (Fsp3) is 0.385. The molecule has 0 aromatic heterocycles. The summed E-state index contributed by atoms with van der Waals surface area (Å²) >= 11 is 0. The molecular formula is C13H19NO3S.